The number of carbonyl (C=O) groups excluding carboxylic acids is 2. The minimum atomic E-state index is -0.653. The molecule has 6 atom stereocenters. The van der Waals surface area contributed by atoms with Gasteiger partial charge in [-0.25, -0.2) is 0 Å². The molecule has 7 nitrogen and oxygen atoms in total. The molecule has 1 saturated heterocycles. The molecule has 0 aromatic heterocycles. The Bertz CT molecular complexity index is 480. The van der Waals surface area contributed by atoms with Gasteiger partial charge in [0, 0.05) is 37.5 Å². The van der Waals surface area contributed by atoms with Gasteiger partial charge in [0.05, 0.1) is 0 Å². The number of aliphatic hydroxyl groups excluding tert-OH is 1. The van der Waals surface area contributed by atoms with Crippen LogP contribution in [-0.2, 0) is 9.59 Å². The van der Waals surface area contributed by atoms with Crippen LogP contribution in [-0.4, -0.2) is 71.4 Å². The first kappa shape index (κ1) is 24.2. The van der Waals surface area contributed by atoms with E-state index >= 15 is 0 Å². The van der Waals surface area contributed by atoms with Crippen LogP contribution in [0.4, 0.5) is 0 Å². The number of amides is 2. The predicted octanol–water partition coefficient (Wildman–Crippen LogP) is 0.372. The van der Waals surface area contributed by atoms with Crippen LogP contribution in [0.25, 0.3) is 0 Å². The van der Waals surface area contributed by atoms with Crippen LogP contribution in [0, 0.1) is 11.8 Å². The molecule has 0 radical (unpaired) electrons. The highest BCUT2D eigenvalue weighted by Gasteiger charge is 2.43. The van der Waals surface area contributed by atoms with E-state index in [2.05, 4.69) is 37.1 Å². The minimum Gasteiger partial charge on any atom is -0.396 e. The Morgan fingerprint density at radius 1 is 1.30 bits per heavy atom. The molecule has 8 heteroatoms. The van der Waals surface area contributed by atoms with Crippen LogP contribution in [0.2, 0.25) is 0 Å². The number of piperazine rings is 1. The third kappa shape index (κ3) is 6.62. The fraction of sp³-hybridized carbons (Fsp3) is 0.895. The molecule has 1 rings (SSSR count). The number of thiol groups is 1. The molecule has 0 aromatic rings. The highest BCUT2D eigenvalue weighted by atomic mass is 32.1. The first-order valence-corrected chi connectivity index (χ1v) is 10.7. The Kier molecular flexibility index (Phi) is 10.7. The highest BCUT2D eigenvalue weighted by molar-refractivity contribution is 7.80. The van der Waals surface area contributed by atoms with Crippen molar-refractivity contribution in [3.63, 3.8) is 0 Å². The predicted molar refractivity (Wildman–Crippen MR) is 112 cm³/mol. The third-order valence-corrected chi connectivity index (χ3v) is 6.17. The second kappa shape index (κ2) is 11.9. The molecular formula is C19H38N4O3S. The molecule has 0 saturated carbocycles. The molecule has 1 fully saturated rings. The molecule has 158 valence electrons. The maximum atomic E-state index is 13.1. The summed E-state index contributed by atoms with van der Waals surface area (Å²) in [5, 5.41) is 15.5. The zero-order valence-corrected chi connectivity index (χ0v) is 18.0. The van der Waals surface area contributed by atoms with E-state index in [0.29, 0.717) is 24.8 Å². The molecular weight excluding hydrogens is 364 g/mol. The van der Waals surface area contributed by atoms with Crippen LogP contribution >= 0.6 is 12.6 Å². The van der Waals surface area contributed by atoms with Crippen molar-refractivity contribution in [3.8, 4) is 0 Å². The highest BCUT2D eigenvalue weighted by Crippen LogP contribution is 2.23. The molecule has 0 unspecified atom stereocenters. The van der Waals surface area contributed by atoms with Gasteiger partial charge >= 0.3 is 0 Å². The number of hydrogen-bond acceptors (Lipinski definition) is 6. The van der Waals surface area contributed by atoms with Gasteiger partial charge in [0.1, 0.15) is 12.1 Å². The second-order valence-electron chi connectivity index (χ2n) is 7.74. The van der Waals surface area contributed by atoms with E-state index in [1.54, 1.807) is 4.90 Å². The van der Waals surface area contributed by atoms with Crippen LogP contribution in [0.1, 0.15) is 47.0 Å². The summed E-state index contributed by atoms with van der Waals surface area (Å²) in [5.74, 6) is 0.726. The molecule has 5 N–H and O–H groups in total. The maximum absolute atomic E-state index is 13.1. The van der Waals surface area contributed by atoms with Crippen molar-refractivity contribution in [2.45, 2.75) is 71.1 Å². The smallest absolute Gasteiger partial charge is 0.245 e. The van der Waals surface area contributed by atoms with E-state index in [9.17, 15) is 14.7 Å². The molecule has 1 aliphatic heterocycles. The van der Waals surface area contributed by atoms with Gasteiger partial charge in [-0.3, -0.25) is 9.59 Å². The molecule has 2 amide bonds. The zero-order chi connectivity index (χ0) is 20.6. The summed E-state index contributed by atoms with van der Waals surface area (Å²) in [6.07, 6.45) is 1.99. The molecule has 27 heavy (non-hydrogen) atoms. The van der Waals surface area contributed by atoms with Gasteiger partial charge in [0.15, 0.2) is 0 Å². The fourth-order valence-electron chi connectivity index (χ4n) is 3.42. The standard InChI is InChI=1S/C19H38N4O3S/c1-5-12(3)16(21-9-14(20)11-27)10-23-17(13(4)6-2)18(25)22-15(7-8-24)19(23)26/h12-17,21,24,27H,5-11,20H2,1-4H3,(H,22,25)/t12-,13-,14+,15-,16+,17-/m0/s1. The Labute approximate surface area is 169 Å². The first-order chi connectivity index (χ1) is 12.8. The summed E-state index contributed by atoms with van der Waals surface area (Å²) in [4.78, 5) is 27.5. The summed E-state index contributed by atoms with van der Waals surface area (Å²) < 4.78 is 0. The van der Waals surface area contributed by atoms with E-state index in [1.807, 2.05) is 13.8 Å². The van der Waals surface area contributed by atoms with E-state index in [1.165, 1.54) is 0 Å². The number of nitrogens with two attached hydrogens (primary N) is 1. The zero-order valence-electron chi connectivity index (χ0n) is 17.1. The Hall–Kier alpha value is -0.830. The number of nitrogens with one attached hydrogen (secondary N) is 2. The lowest BCUT2D eigenvalue weighted by Gasteiger charge is -2.43. The quantitative estimate of drug-likeness (QED) is 0.303. The average molecular weight is 403 g/mol. The summed E-state index contributed by atoms with van der Waals surface area (Å²) in [7, 11) is 0. The van der Waals surface area contributed by atoms with Crippen molar-refractivity contribution in [1.29, 1.82) is 0 Å². The Balaban J connectivity index is 3.05. The van der Waals surface area contributed by atoms with Crippen LogP contribution in [0.3, 0.4) is 0 Å². The van der Waals surface area contributed by atoms with Gasteiger partial charge < -0.3 is 26.4 Å². The van der Waals surface area contributed by atoms with Crippen molar-refractivity contribution >= 4 is 24.4 Å². The van der Waals surface area contributed by atoms with Crippen molar-refractivity contribution in [1.82, 2.24) is 15.5 Å². The van der Waals surface area contributed by atoms with Crippen molar-refractivity contribution in [3.05, 3.63) is 0 Å². The molecule has 0 spiro atoms. The molecule has 0 bridgehead atoms. The van der Waals surface area contributed by atoms with Gasteiger partial charge in [-0.05, 0) is 18.3 Å². The van der Waals surface area contributed by atoms with E-state index in [-0.39, 0.29) is 42.8 Å². The minimum absolute atomic E-state index is 0.0390. The normalized spacial score (nSPS) is 25.1. The summed E-state index contributed by atoms with van der Waals surface area (Å²) in [6.45, 7) is 9.21. The molecule has 0 aromatic carbocycles. The lowest BCUT2D eigenvalue weighted by atomic mass is 9.90. The van der Waals surface area contributed by atoms with Crippen LogP contribution in [0.15, 0.2) is 0 Å². The SMILES string of the molecule is CC[C@H](C)[C@H]1C(=O)N[C@@H](CCO)C(=O)N1C[C@@H](NC[C@@H](N)CS)[C@@H](C)CC. The molecule has 1 aliphatic rings. The van der Waals surface area contributed by atoms with Crippen molar-refractivity contribution < 1.29 is 14.7 Å². The third-order valence-electron chi connectivity index (χ3n) is 5.70. The number of rotatable bonds is 12. The maximum Gasteiger partial charge on any atom is 0.245 e. The van der Waals surface area contributed by atoms with E-state index in [4.69, 9.17) is 5.73 Å². The monoisotopic (exact) mass is 402 g/mol. The Morgan fingerprint density at radius 2 is 1.96 bits per heavy atom. The van der Waals surface area contributed by atoms with Gasteiger partial charge in [-0.2, -0.15) is 12.6 Å². The van der Waals surface area contributed by atoms with Crippen molar-refractivity contribution in [2.24, 2.45) is 17.6 Å². The van der Waals surface area contributed by atoms with Crippen LogP contribution < -0.4 is 16.4 Å². The number of aliphatic hydroxyl groups is 1. The number of nitrogens with zero attached hydrogens (tertiary/aromatic N) is 1. The summed E-state index contributed by atoms with van der Waals surface area (Å²) in [6, 6.07) is -1.16. The number of hydrogen-bond donors (Lipinski definition) is 5. The van der Waals surface area contributed by atoms with Gasteiger partial charge in [0.25, 0.3) is 0 Å². The fourth-order valence-corrected chi connectivity index (χ4v) is 3.55. The lowest BCUT2D eigenvalue weighted by Crippen LogP contribution is -2.67. The summed E-state index contributed by atoms with van der Waals surface area (Å²) >= 11 is 4.23. The second-order valence-corrected chi connectivity index (χ2v) is 8.10. The topological polar surface area (TPSA) is 108 Å². The molecule has 0 aliphatic carbocycles. The Morgan fingerprint density at radius 3 is 2.48 bits per heavy atom. The molecule has 1 heterocycles. The largest absolute Gasteiger partial charge is 0.396 e. The first-order valence-electron chi connectivity index (χ1n) is 10.1. The van der Waals surface area contributed by atoms with Gasteiger partial charge in [0.2, 0.25) is 11.8 Å². The number of carbonyl (C=O) groups is 2. The van der Waals surface area contributed by atoms with Gasteiger partial charge in [-0.1, -0.05) is 40.5 Å². The van der Waals surface area contributed by atoms with E-state index in [0.717, 1.165) is 12.8 Å². The van der Waals surface area contributed by atoms with Crippen LogP contribution in [0.5, 0.6) is 0 Å². The van der Waals surface area contributed by atoms with E-state index < -0.39 is 12.1 Å². The van der Waals surface area contributed by atoms with Crippen molar-refractivity contribution in [2.75, 3.05) is 25.4 Å². The summed E-state index contributed by atoms with van der Waals surface area (Å²) in [5.41, 5.74) is 5.99. The average Bonchev–Trinajstić information content (AvgIpc) is 2.66. The van der Waals surface area contributed by atoms with Gasteiger partial charge in [-0.15, -0.1) is 0 Å². The lowest BCUT2D eigenvalue weighted by molar-refractivity contribution is -0.152.